The lowest BCUT2D eigenvalue weighted by Gasteiger charge is -2.29. The average molecular weight is 364 g/mol. The molecule has 1 aliphatic rings. The fourth-order valence-corrected chi connectivity index (χ4v) is 2.80. The van der Waals surface area contributed by atoms with Crippen LogP contribution in [0.4, 0.5) is 14.5 Å². The van der Waals surface area contributed by atoms with Crippen LogP contribution in [0.5, 0.6) is 5.75 Å². The molecule has 0 N–H and O–H groups in total. The van der Waals surface area contributed by atoms with E-state index in [-0.39, 0.29) is 17.3 Å². The number of hydrogen-bond acceptors (Lipinski definition) is 6. The van der Waals surface area contributed by atoms with Crippen LogP contribution in [0.1, 0.15) is 6.42 Å². The molecule has 1 aromatic rings. The molecular weight excluding hydrogens is 354 g/mol. The van der Waals surface area contributed by atoms with Gasteiger partial charge in [0.1, 0.15) is 5.75 Å². The molecule has 10 heteroatoms. The summed E-state index contributed by atoms with van der Waals surface area (Å²) >= 11 is 5.53. The summed E-state index contributed by atoms with van der Waals surface area (Å²) in [6.07, 6.45) is -0.180. The van der Waals surface area contributed by atoms with Gasteiger partial charge in [0.05, 0.1) is 16.9 Å². The zero-order chi connectivity index (χ0) is 17.2. The first-order valence-corrected chi connectivity index (χ1v) is 7.50. The van der Waals surface area contributed by atoms with Crippen LogP contribution in [0.15, 0.2) is 29.3 Å². The summed E-state index contributed by atoms with van der Waals surface area (Å²) < 4.78 is 29.2. The Hall–Kier alpha value is -1.87. The van der Waals surface area contributed by atoms with Gasteiger partial charge in [0.15, 0.2) is 5.17 Å². The highest BCUT2D eigenvalue weighted by molar-refractivity contribution is 8.15. The Balaban J connectivity index is 2.19. The molecule has 2 rings (SSSR count). The lowest BCUT2D eigenvalue weighted by molar-refractivity contribution is -0.304. The van der Waals surface area contributed by atoms with E-state index in [1.54, 1.807) is 0 Å². The molecule has 1 fully saturated rings. The van der Waals surface area contributed by atoms with Crippen LogP contribution in [0.25, 0.3) is 0 Å². The maximum Gasteiger partial charge on any atom is 0.487 e. The molecule has 1 amide bonds. The Labute approximate surface area is 139 Å². The predicted molar refractivity (Wildman–Crippen MR) is 78.7 cm³/mol. The van der Waals surface area contributed by atoms with Crippen molar-refractivity contribution in [3.05, 3.63) is 24.3 Å². The summed E-state index contributed by atoms with van der Waals surface area (Å²) in [6.45, 7) is 0. The Bertz CT molecular complexity index is 648. The van der Waals surface area contributed by atoms with Crippen LogP contribution < -0.4 is 9.84 Å². The molecule has 0 aliphatic carbocycles. The maximum absolute atomic E-state index is 12.5. The van der Waals surface area contributed by atoms with Crippen molar-refractivity contribution >= 4 is 46.1 Å². The normalized spacial score (nSPS) is 20.7. The van der Waals surface area contributed by atoms with Crippen molar-refractivity contribution < 1.29 is 28.2 Å². The minimum Gasteiger partial charge on any atom is -0.549 e. The number of halogens is 3. The maximum atomic E-state index is 12.5. The second-order valence-electron chi connectivity index (χ2n) is 4.52. The molecule has 0 unspecified atom stereocenters. The van der Waals surface area contributed by atoms with Crippen LogP contribution >= 0.6 is 23.4 Å². The quantitative estimate of drug-likeness (QED) is 0.758. The van der Waals surface area contributed by atoms with Crippen molar-refractivity contribution in [1.29, 1.82) is 0 Å². The number of hydrogen-bond donors (Lipinski definition) is 0. The monoisotopic (exact) mass is 363 g/mol. The SMILES string of the molecule is CN1C(=O)C[C@H](C(=O)[O-])SC1=Nc1ccc(OC(F)(F)Cl)cc1. The van der Waals surface area contributed by atoms with Gasteiger partial charge < -0.3 is 14.6 Å². The molecule has 0 bridgehead atoms. The highest BCUT2D eigenvalue weighted by Crippen LogP contribution is 2.30. The summed E-state index contributed by atoms with van der Waals surface area (Å²) in [7, 11) is 1.46. The number of carboxylic acid groups (broad SMARTS) is 1. The Kier molecular flexibility index (Phi) is 5.10. The van der Waals surface area contributed by atoms with E-state index >= 15 is 0 Å². The molecule has 1 aromatic carbocycles. The number of alkyl halides is 3. The summed E-state index contributed by atoms with van der Waals surface area (Å²) in [6, 6.07) is 5.18. The van der Waals surface area contributed by atoms with Crippen LogP contribution in [0, 0.1) is 0 Å². The summed E-state index contributed by atoms with van der Waals surface area (Å²) in [4.78, 5) is 28.0. The first-order chi connectivity index (χ1) is 10.7. The number of amides is 1. The van der Waals surface area contributed by atoms with E-state index in [2.05, 4.69) is 21.3 Å². The fraction of sp³-hybridized carbons (Fsp3) is 0.308. The molecule has 1 saturated heterocycles. The van der Waals surface area contributed by atoms with Gasteiger partial charge in [0.2, 0.25) is 5.91 Å². The molecule has 0 spiro atoms. The number of aliphatic imine (C=N–C) groups is 1. The van der Waals surface area contributed by atoms with E-state index in [0.29, 0.717) is 5.69 Å². The number of amidine groups is 1. The highest BCUT2D eigenvalue weighted by Gasteiger charge is 2.30. The van der Waals surface area contributed by atoms with Crippen molar-refractivity contribution in [2.24, 2.45) is 4.99 Å². The Morgan fingerprint density at radius 2 is 2.09 bits per heavy atom. The van der Waals surface area contributed by atoms with Gasteiger partial charge in [-0.05, 0) is 24.3 Å². The third-order valence-electron chi connectivity index (χ3n) is 2.83. The number of ether oxygens (including phenoxy) is 1. The van der Waals surface area contributed by atoms with Crippen molar-refractivity contribution in [3.63, 3.8) is 0 Å². The molecule has 0 radical (unpaired) electrons. The molecule has 1 heterocycles. The molecule has 0 aromatic heterocycles. The zero-order valence-corrected chi connectivity index (χ0v) is 13.2. The number of rotatable bonds is 4. The van der Waals surface area contributed by atoms with E-state index in [1.165, 1.54) is 36.2 Å². The summed E-state index contributed by atoms with van der Waals surface area (Å²) in [5.74, 6) is -1.92. The first-order valence-electron chi connectivity index (χ1n) is 6.24. The van der Waals surface area contributed by atoms with E-state index in [4.69, 9.17) is 0 Å². The molecule has 23 heavy (non-hydrogen) atoms. The summed E-state index contributed by atoms with van der Waals surface area (Å²) in [5.41, 5.74) is -3.49. The van der Waals surface area contributed by atoms with Crippen molar-refractivity contribution in [2.45, 2.75) is 17.2 Å². The first kappa shape index (κ1) is 17.5. The molecular formula is C13H10ClF2N2O4S-. The topological polar surface area (TPSA) is 82.0 Å². The number of carbonyl (C=O) groups excluding carboxylic acids is 2. The van der Waals surface area contributed by atoms with Gasteiger partial charge in [-0.1, -0.05) is 11.8 Å². The predicted octanol–water partition coefficient (Wildman–Crippen LogP) is 1.56. The molecule has 6 nitrogen and oxygen atoms in total. The van der Waals surface area contributed by atoms with E-state index in [0.717, 1.165) is 11.8 Å². The second-order valence-corrected chi connectivity index (χ2v) is 6.13. The van der Waals surface area contributed by atoms with E-state index in [1.807, 2.05) is 0 Å². The third-order valence-corrected chi connectivity index (χ3v) is 4.12. The van der Waals surface area contributed by atoms with Crippen molar-refractivity contribution in [2.75, 3.05) is 7.05 Å². The number of thioether (sulfide) groups is 1. The van der Waals surface area contributed by atoms with Gasteiger partial charge in [-0.15, -0.1) is 8.78 Å². The Morgan fingerprint density at radius 1 is 1.48 bits per heavy atom. The molecule has 124 valence electrons. The van der Waals surface area contributed by atoms with Gasteiger partial charge in [-0.3, -0.25) is 9.69 Å². The van der Waals surface area contributed by atoms with Crippen LogP contribution in [0.3, 0.4) is 0 Å². The van der Waals surface area contributed by atoms with Gasteiger partial charge in [-0.25, -0.2) is 4.99 Å². The standard InChI is InChI=1S/C13H11ClF2N2O4S/c1-18-10(19)6-9(11(20)21)23-12(18)17-7-2-4-8(5-3-7)22-13(14,15)16/h2-5,9H,6H2,1H3,(H,20,21)/p-1/t9-/m1/s1. The summed E-state index contributed by atoms with van der Waals surface area (Å²) in [5, 5.41) is 10.1. The lowest BCUT2D eigenvalue weighted by Crippen LogP contribution is -2.45. The number of carbonyl (C=O) groups is 2. The lowest BCUT2D eigenvalue weighted by atomic mass is 10.3. The molecule has 0 saturated carbocycles. The van der Waals surface area contributed by atoms with Gasteiger partial charge in [0, 0.05) is 25.1 Å². The molecule has 1 aliphatic heterocycles. The third kappa shape index (κ3) is 4.80. The highest BCUT2D eigenvalue weighted by atomic mass is 35.5. The number of nitrogens with zero attached hydrogens (tertiary/aromatic N) is 2. The number of aliphatic carboxylic acids is 1. The van der Waals surface area contributed by atoms with Gasteiger partial charge in [-0.2, -0.15) is 0 Å². The van der Waals surface area contributed by atoms with Crippen molar-refractivity contribution in [1.82, 2.24) is 4.90 Å². The van der Waals surface area contributed by atoms with Gasteiger partial charge >= 0.3 is 5.57 Å². The largest absolute Gasteiger partial charge is 0.549 e. The van der Waals surface area contributed by atoms with Crippen molar-refractivity contribution in [3.8, 4) is 5.75 Å². The van der Waals surface area contributed by atoms with Gasteiger partial charge in [0.25, 0.3) is 0 Å². The van der Waals surface area contributed by atoms with Crippen LogP contribution in [0.2, 0.25) is 0 Å². The number of benzene rings is 1. The average Bonchev–Trinajstić information content (AvgIpc) is 2.44. The van der Waals surface area contributed by atoms with E-state index < -0.39 is 22.7 Å². The molecule has 1 atom stereocenters. The zero-order valence-electron chi connectivity index (χ0n) is 11.7. The fourth-order valence-electron chi connectivity index (χ4n) is 1.72. The van der Waals surface area contributed by atoms with Crippen LogP contribution in [-0.2, 0) is 9.59 Å². The second kappa shape index (κ2) is 6.71. The van der Waals surface area contributed by atoms with Crippen LogP contribution in [-0.4, -0.2) is 39.8 Å². The Morgan fingerprint density at radius 3 is 2.61 bits per heavy atom. The minimum absolute atomic E-state index is 0.165. The minimum atomic E-state index is -3.82. The number of carboxylic acids is 1. The smallest absolute Gasteiger partial charge is 0.487 e. The van der Waals surface area contributed by atoms with E-state index in [9.17, 15) is 23.5 Å².